The lowest BCUT2D eigenvalue weighted by Gasteiger charge is -2.35. The van der Waals surface area contributed by atoms with Crippen LogP contribution in [0.4, 0.5) is 5.69 Å². The maximum absolute atomic E-state index is 13.0. The molecule has 1 aromatic carbocycles. The molecule has 5 amide bonds. The van der Waals surface area contributed by atoms with Crippen LogP contribution in [0.15, 0.2) is 30.4 Å². The zero-order chi connectivity index (χ0) is 32.7. The first kappa shape index (κ1) is 34.8. The zero-order valence-corrected chi connectivity index (χ0v) is 25.8. The van der Waals surface area contributed by atoms with E-state index in [2.05, 4.69) is 29.8 Å². The molecule has 0 aromatic heterocycles. The van der Waals surface area contributed by atoms with Crippen LogP contribution in [0.2, 0.25) is 0 Å². The molecule has 2 heterocycles. The van der Waals surface area contributed by atoms with Crippen LogP contribution >= 0.6 is 0 Å². The van der Waals surface area contributed by atoms with Crippen LogP contribution in [-0.2, 0) is 41.6 Å². The van der Waals surface area contributed by atoms with E-state index in [4.69, 9.17) is 4.74 Å². The van der Waals surface area contributed by atoms with Gasteiger partial charge in [-0.2, -0.15) is 0 Å². The molecule has 0 saturated carbocycles. The van der Waals surface area contributed by atoms with E-state index in [0.29, 0.717) is 24.4 Å². The molecule has 0 bridgehead atoms. The highest BCUT2D eigenvalue weighted by Gasteiger charge is 2.37. The van der Waals surface area contributed by atoms with Gasteiger partial charge in [0.1, 0.15) is 36.9 Å². The molecule has 6 N–H and O–H groups in total. The van der Waals surface area contributed by atoms with Gasteiger partial charge in [-0.05, 0) is 61.3 Å². The number of hydrogen-bond donors (Lipinski definition) is 6. The van der Waals surface area contributed by atoms with E-state index in [-0.39, 0.29) is 12.5 Å². The van der Waals surface area contributed by atoms with Crippen molar-refractivity contribution >= 4 is 35.2 Å². The van der Waals surface area contributed by atoms with Crippen molar-refractivity contribution in [2.75, 3.05) is 18.5 Å². The van der Waals surface area contributed by atoms with Gasteiger partial charge >= 0.3 is 0 Å². The Morgan fingerprint density at radius 3 is 2.20 bits per heavy atom. The van der Waals surface area contributed by atoms with Gasteiger partial charge in [0.25, 0.3) is 11.8 Å². The van der Waals surface area contributed by atoms with Gasteiger partial charge in [-0.3, -0.25) is 28.9 Å². The van der Waals surface area contributed by atoms with Crippen LogP contribution in [0.5, 0.6) is 0 Å². The molecule has 1 saturated heterocycles. The number of anilines is 1. The molecule has 13 heteroatoms. The van der Waals surface area contributed by atoms with E-state index in [1.54, 1.807) is 19.9 Å². The van der Waals surface area contributed by atoms with Crippen LogP contribution in [-0.4, -0.2) is 99.4 Å². The molecule has 44 heavy (non-hydrogen) atoms. The number of aliphatic hydroxyl groups excluding tert-OH is 3. The predicted molar refractivity (Wildman–Crippen MR) is 160 cm³/mol. The van der Waals surface area contributed by atoms with E-state index >= 15 is 0 Å². The molecule has 3 rings (SSSR count). The number of carbonyl (C=O) groups is 5. The Labute approximate surface area is 257 Å². The summed E-state index contributed by atoms with van der Waals surface area (Å²) in [5.41, 5.74) is 2.49. The van der Waals surface area contributed by atoms with Crippen molar-refractivity contribution in [3.63, 3.8) is 0 Å². The highest BCUT2D eigenvalue weighted by Crippen LogP contribution is 2.25. The fourth-order valence-electron chi connectivity index (χ4n) is 5.10. The fourth-order valence-corrected chi connectivity index (χ4v) is 5.10. The average Bonchev–Trinajstić information content (AvgIpc) is 3.26. The summed E-state index contributed by atoms with van der Waals surface area (Å²) in [5.74, 6) is -2.99. The summed E-state index contributed by atoms with van der Waals surface area (Å²) in [5, 5.41) is 38.1. The van der Waals surface area contributed by atoms with Crippen molar-refractivity contribution in [2.45, 2.75) is 90.4 Å². The third kappa shape index (κ3) is 9.18. The summed E-state index contributed by atoms with van der Waals surface area (Å²) in [4.78, 5) is 62.9. The lowest BCUT2D eigenvalue weighted by Crippen LogP contribution is -2.55. The Hall–Kier alpha value is -3.65. The van der Waals surface area contributed by atoms with Crippen LogP contribution in [0.1, 0.15) is 52.2 Å². The number of ether oxygens (including phenoxy) is 1. The maximum atomic E-state index is 13.0. The van der Waals surface area contributed by atoms with E-state index in [1.165, 1.54) is 6.92 Å². The molecule has 0 aliphatic carbocycles. The molecule has 1 fully saturated rings. The van der Waals surface area contributed by atoms with Crippen molar-refractivity contribution in [1.82, 2.24) is 15.5 Å². The van der Waals surface area contributed by atoms with Crippen molar-refractivity contribution in [2.24, 2.45) is 11.8 Å². The molecule has 242 valence electrons. The fraction of sp³-hybridized carbons (Fsp3) is 0.581. The maximum Gasteiger partial charge on any atom is 0.254 e. The van der Waals surface area contributed by atoms with Gasteiger partial charge in [-0.15, -0.1) is 0 Å². The van der Waals surface area contributed by atoms with Crippen LogP contribution in [0, 0.1) is 11.8 Å². The van der Waals surface area contributed by atoms with Crippen LogP contribution in [0.25, 0.3) is 0 Å². The lowest BCUT2D eigenvalue weighted by atomic mass is 9.91. The topological polar surface area (TPSA) is 195 Å². The van der Waals surface area contributed by atoms with E-state index in [1.807, 2.05) is 12.1 Å². The molecule has 0 unspecified atom stereocenters. The minimum atomic E-state index is -1.29. The van der Waals surface area contributed by atoms with Crippen LogP contribution < -0.4 is 16.0 Å². The van der Waals surface area contributed by atoms with Crippen LogP contribution in [0.3, 0.4) is 0 Å². The van der Waals surface area contributed by atoms with Gasteiger partial charge in [-0.1, -0.05) is 33.8 Å². The Morgan fingerprint density at radius 1 is 0.932 bits per heavy atom. The molecule has 1 aromatic rings. The number of nitrogens with one attached hydrogen (secondary N) is 3. The summed E-state index contributed by atoms with van der Waals surface area (Å²) >= 11 is 0. The van der Waals surface area contributed by atoms with Crippen molar-refractivity contribution < 1.29 is 44.0 Å². The number of amides is 5. The first-order valence-electron chi connectivity index (χ1n) is 14.9. The second-order valence-corrected chi connectivity index (χ2v) is 12.1. The van der Waals surface area contributed by atoms with Crippen molar-refractivity contribution in [3.8, 4) is 0 Å². The first-order chi connectivity index (χ1) is 20.7. The number of nitrogens with zero attached hydrogens (tertiary/aromatic N) is 1. The van der Waals surface area contributed by atoms with E-state index < -0.39 is 72.6 Å². The monoisotopic (exact) mass is 616 g/mol. The second-order valence-electron chi connectivity index (χ2n) is 12.1. The van der Waals surface area contributed by atoms with Crippen molar-refractivity contribution in [1.29, 1.82) is 0 Å². The van der Waals surface area contributed by atoms with E-state index in [9.17, 15) is 39.3 Å². The SMILES string of the molecule is CC(C)Cc1ccc(NC(=O)[C@H](C)NC(=O)[C@@H](NC(=O)CN2C(=O)C=CC2=O)C(C)C)cc1CC[C@@H]1OC[C@@H](O)[C@H](O)[C@H]1O. The first-order valence-corrected chi connectivity index (χ1v) is 14.9. The standard InChI is InChI=1S/C31H44N4O9/c1-16(2)12-19-6-8-21(13-20(19)7-9-23-29(41)28(40)22(36)15-44-23)33-30(42)18(5)32-31(43)27(17(3)4)34-24(37)14-35-25(38)10-11-26(35)39/h6,8,10-11,13,16-18,22-23,27-29,36,40-41H,7,9,12,14-15H2,1-5H3,(H,32,43)(H,33,42)(H,34,37)/t18-,22+,23-,27-,28-,29-/m0/s1. The number of rotatable bonds is 13. The normalized spacial score (nSPS) is 23.2. The summed E-state index contributed by atoms with van der Waals surface area (Å²) in [6.45, 7) is 8.51. The van der Waals surface area contributed by atoms with Gasteiger partial charge in [0.05, 0.1) is 12.7 Å². The van der Waals surface area contributed by atoms with Gasteiger partial charge in [0.15, 0.2) is 0 Å². The molecule has 2 aliphatic rings. The number of carbonyl (C=O) groups excluding carboxylic acids is 5. The number of benzene rings is 1. The van der Waals surface area contributed by atoms with Gasteiger partial charge in [-0.25, -0.2) is 0 Å². The minimum Gasteiger partial charge on any atom is -0.388 e. The lowest BCUT2D eigenvalue weighted by molar-refractivity contribution is -0.188. The van der Waals surface area contributed by atoms with Gasteiger partial charge in [0, 0.05) is 17.8 Å². The Balaban J connectivity index is 1.62. The van der Waals surface area contributed by atoms with Crippen molar-refractivity contribution in [3.05, 3.63) is 41.5 Å². The Morgan fingerprint density at radius 2 is 1.59 bits per heavy atom. The summed E-state index contributed by atoms with van der Waals surface area (Å²) < 4.78 is 5.55. The quantitative estimate of drug-likeness (QED) is 0.163. The smallest absolute Gasteiger partial charge is 0.254 e. The number of imide groups is 1. The molecular formula is C31H44N4O9. The summed E-state index contributed by atoms with van der Waals surface area (Å²) in [7, 11) is 0. The zero-order valence-electron chi connectivity index (χ0n) is 25.8. The van der Waals surface area contributed by atoms with Gasteiger partial charge in [0.2, 0.25) is 17.7 Å². The van der Waals surface area contributed by atoms with E-state index in [0.717, 1.165) is 34.6 Å². The highest BCUT2D eigenvalue weighted by molar-refractivity contribution is 6.14. The predicted octanol–water partition coefficient (Wildman–Crippen LogP) is -0.192. The van der Waals surface area contributed by atoms with Gasteiger partial charge < -0.3 is 36.0 Å². The molecule has 2 aliphatic heterocycles. The third-order valence-corrected chi connectivity index (χ3v) is 7.63. The number of aliphatic hydroxyl groups is 3. The average molecular weight is 617 g/mol. The Kier molecular flexibility index (Phi) is 12.2. The largest absolute Gasteiger partial charge is 0.388 e. The second kappa shape index (κ2) is 15.4. The highest BCUT2D eigenvalue weighted by atomic mass is 16.5. The third-order valence-electron chi connectivity index (χ3n) is 7.63. The molecule has 0 radical (unpaired) electrons. The minimum absolute atomic E-state index is 0.0714. The molecular weight excluding hydrogens is 572 g/mol. The number of hydrogen-bond acceptors (Lipinski definition) is 9. The number of aryl methyl sites for hydroxylation is 1. The summed E-state index contributed by atoms with van der Waals surface area (Å²) in [6, 6.07) is 3.53. The molecule has 13 nitrogen and oxygen atoms in total. The molecule has 6 atom stereocenters. The summed E-state index contributed by atoms with van der Waals surface area (Å²) in [6.07, 6.45) is -0.517. The molecule has 0 spiro atoms. The Bertz CT molecular complexity index is 1250.